The van der Waals surface area contributed by atoms with Crippen LogP contribution in [0.15, 0.2) is 72.8 Å². The summed E-state index contributed by atoms with van der Waals surface area (Å²) >= 11 is 0. The van der Waals surface area contributed by atoms with Gasteiger partial charge in [0, 0.05) is 45.3 Å². The number of rotatable bonds is 7. The van der Waals surface area contributed by atoms with Gasteiger partial charge in [-0.2, -0.15) is 5.10 Å². The maximum absolute atomic E-state index is 13.0. The molecular weight excluding hydrogens is 390 g/mol. The number of aromatic nitrogens is 4. The molecule has 1 N–H and O–H groups in total. The standard InChI is InChI=1S/C23H25N7O/c1-6-18(16-12-17(29(3)4)14-24-13-16)26-19(7-2)23(31)27-21-15-30(5)28-22(21)20-10-8-9-11-25-20/h6-15H,2H2,1,3-5H3,(H,27,31)/b18-6-,26-19?. The van der Waals surface area contributed by atoms with Crippen molar-refractivity contribution < 1.29 is 4.79 Å². The molecule has 0 aromatic carbocycles. The van der Waals surface area contributed by atoms with Gasteiger partial charge in [0.05, 0.1) is 29.0 Å². The molecule has 3 aromatic heterocycles. The Kier molecular flexibility index (Phi) is 6.71. The maximum atomic E-state index is 13.0. The third-order valence-corrected chi connectivity index (χ3v) is 4.46. The van der Waals surface area contributed by atoms with Gasteiger partial charge in [-0.15, -0.1) is 0 Å². The molecule has 0 spiro atoms. The monoisotopic (exact) mass is 415 g/mol. The van der Waals surface area contributed by atoms with Gasteiger partial charge in [-0.05, 0) is 31.2 Å². The van der Waals surface area contributed by atoms with Gasteiger partial charge in [0.1, 0.15) is 11.4 Å². The summed E-state index contributed by atoms with van der Waals surface area (Å²) in [6.07, 6.45) is 10.1. The van der Waals surface area contributed by atoms with Crippen molar-refractivity contribution in [3.63, 3.8) is 0 Å². The quantitative estimate of drug-likeness (QED) is 0.596. The van der Waals surface area contributed by atoms with E-state index in [-0.39, 0.29) is 5.71 Å². The minimum atomic E-state index is -0.392. The number of aliphatic imine (C=N–C) groups is 1. The molecule has 8 nitrogen and oxygen atoms in total. The summed E-state index contributed by atoms with van der Waals surface area (Å²) in [5, 5.41) is 7.30. The minimum Gasteiger partial charge on any atom is -0.376 e. The summed E-state index contributed by atoms with van der Waals surface area (Å²) < 4.78 is 1.63. The third kappa shape index (κ3) is 5.11. The molecule has 3 heterocycles. The van der Waals surface area contributed by atoms with Crippen LogP contribution in [0.2, 0.25) is 0 Å². The second kappa shape index (κ2) is 9.62. The van der Waals surface area contributed by atoms with E-state index in [1.165, 1.54) is 6.08 Å². The van der Waals surface area contributed by atoms with Crippen LogP contribution in [0.3, 0.4) is 0 Å². The fraction of sp³-hybridized carbons (Fsp3) is 0.174. The molecule has 0 radical (unpaired) electrons. The van der Waals surface area contributed by atoms with E-state index < -0.39 is 5.91 Å². The zero-order chi connectivity index (χ0) is 22.4. The molecule has 0 aliphatic heterocycles. The number of aryl methyl sites for hydroxylation is 1. The molecule has 0 atom stereocenters. The molecule has 0 aliphatic carbocycles. The summed E-state index contributed by atoms with van der Waals surface area (Å²) in [4.78, 5) is 28.1. The van der Waals surface area contributed by atoms with E-state index in [0.29, 0.717) is 22.8 Å². The Hall–Kier alpha value is -4.07. The van der Waals surface area contributed by atoms with E-state index in [1.807, 2.05) is 56.3 Å². The zero-order valence-corrected chi connectivity index (χ0v) is 18.1. The van der Waals surface area contributed by atoms with Crippen molar-refractivity contribution in [3.8, 4) is 11.4 Å². The first-order valence-electron chi connectivity index (χ1n) is 9.69. The number of amides is 1. The molecule has 158 valence electrons. The number of hydrogen-bond acceptors (Lipinski definition) is 6. The van der Waals surface area contributed by atoms with Gasteiger partial charge in [-0.3, -0.25) is 19.4 Å². The fourth-order valence-corrected chi connectivity index (χ4v) is 2.89. The number of carbonyl (C=O) groups is 1. The average molecular weight is 416 g/mol. The Morgan fingerprint density at radius 3 is 2.74 bits per heavy atom. The van der Waals surface area contributed by atoms with Crippen molar-refractivity contribution in [1.29, 1.82) is 0 Å². The van der Waals surface area contributed by atoms with Crippen molar-refractivity contribution in [2.75, 3.05) is 24.3 Å². The highest BCUT2D eigenvalue weighted by Gasteiger charge is 2.17. The molecule has 0 fully saturated rings. The normalized spacial score (nSPS) is 11.9. The van der Waals surface area contributed by atoms with Crippen LogP contribution in [-0.4, -0.2) is 45.5 Å². The Labute approximate surface area is 181 Å². The minimum absolute atomic E-state index is 0.180. The van der Waals surface area contributed by atoms with Crippen molar-refractivity contribution in [2.24, 2.45) is 12.0 Å². The van der Waals surface area contributed by atoms with E-state index in [4.69, 9.17) is 0 Å². The molecule has 0 unspecified atom stereocenters. The molecule has 3 rings (SSSR count). The summed E-state index contributed by atoms with van der Waals surface area (Å²) in [6, 6.07) is 7.49. The van der Waals surface area contributed by atoms with Crippen molar-refractivity contribution in [3.05, 3.63) is 73.3 Å². The lowest BCUT2D eigenvalue weighted by Crippen LogP contribution is -2.21. The molecule has 1 amide bonds. The molecule has 0 saturated heterocycles. The number of nitrogens with one attached hydrogen (secondary N) is 1. The summed E-state index contributed by atoms with van der Waals surface area (Å²) in [6.45, 7) is 5.62. The van der Waals surface area contributed by atoms with Crippen molar-refractivity contribution in [2.45, 2.75) is 6.92 Å². The smallest absolute Gasteiger partial charge is 0.274 e. The Morgan fingerprint density at radius 1 is 1.29 bits per heavy atom. The van der Waals surface area contributed by atoms with Crippen LogP contribution < -0.4 is 10.2 Å². The zero-order valence-electron chi connectivity index (χ0n) is 18.1. The summed E-state index contributed by atoms with van der Waals surface area (Å²) in [7, 11) is 5.66. The van der Waals surface area contributed by atoms with Crippen LogP contribution in [0.1, 0.15) is 12.5 Å². The largest absolute Gasteiger partial charge is 0.376 e. The first-order valence-corrected chi connectivity index (χ1v) is 9.69. The van der Waals surface area contributed by atoms with Crippen molar-refractivity contribution >= 4 is 28.7 Å². The Bertz CT molecular complexity index is 1140. The second-order valence-electron chi connectivity index (χ2n) is 6.94. The predicted octanol–water partition coefficient (Wildman–Crippen LogP) is 3.57. The van der Waals surface area contributed by atoms with Crippen LogP contribution in [0.5, 0.6) is 0 Å². The van der Waals surface area contributed by atoms with E-state index in [0.717, 1.165) is 11.3 Å². The van der Waals surface area contributed by atoms with Gasteiger partial charge in [0.25, 0.3) is 5.91 Å². The molecule has 8 heteroatoms. The number of pyridine rings is 2. The van der Waals surface area contributed by atoms with Gasteiger partial charge in [0.15, 0.2) is 0 Å². The summed E-state index contributed by atoms with van der Waals surface area (Å²) in [5.41, 5.74) is 4.32. The number of anilines is 2. The Balaban J connectivity index is 1.89. The van der Waals surface area contributed by atoms with Crippen LogP contribution in [0.25, 0.3) is 17.1 Å². The highest BCUT2D eigenvalue weighted by atomic mass is 16.1. The number of carbonyl (C=O) groups excluding carboxylic acids is 1. The second-order valence-corrected chi connectivity index (χ2v) is 6.94. The molecule has 3 aromatic rings. The first kappa shape index (κ1) is 21.6. The SMILES string of the molecule is C=CC(=N/C(=C\C)c1cncc(N(C)C)c1)C(=O)Nc1cn(C)nc1-c1ccccn1. The highest BCUT2D eigenvalue weighted by Crippen LogP contribution is 2.25. The molecule has 0 bridgehead atoms. The third-order valence-electron chi connectivity index (χ3n) is 4.46. The van der Waals surface area contributed by atoms with Crippen LogP contribution in [0, 0.1) is 0 Å². The number of allylic oxidation sites excluding steroid dienone is 1. The Morgan fingerprint density at radius 2 is 2.10 bits per heavy atom. The lowest BCUT2D eigenvalue weighted by molar-refractivity contribution is -0.110. The lowest BCUT2D eigenvalue weighted by Gasteiger charge is -2.13. The van der Waals surface area contributed by atoms with Gasteiger partial charge in [-0.25, -0.2) is 4.99 Å². The van der Waals surface area contributed by atoms with Crippen LogP contribution in [0.4, 0.5) is 11.4 Å². The maximum Gasteiger partial charge on any atom is 0.274 e. The molecular formula is C23H25N7O. The van der Waals surface area contributed by atoms with Crippen LogP contribution >= 0.6 is 0 Å². The van der Waals surface area contributed by atoms with E-state index in [1.54, 1.807) is 36.5 Å². The van der Waals surface area contributed by atoms with E-state index in [2.05, 4.69) is 32.0 Å². The fourth-order valence-electron chi connectivity index (χ4n) is 2.89. The number of hydrogen-bond donors (Lipinski definition) is 1. The first-order chi connectivity index (χ1) is 14.9. The lowest BCUT2D eigenvalue weighted by atomic mass is 10.2. The van der Waals surface area contributed by atoms with E-state index in [9.17, 15) is 4.79 Å². The topological polar surface area (TPSA) is 88.3 Å². The van der Waals surface area contributed by atoms with Gasteiger partial charge < -0.3 is 10.2 Å². The highest BCUT2D eigenvalue weighted by molar-refractivity contribution is 6.47. The van der Waals surface area contributed by atoms with Gasteiger partial charge >= 0.3 is 0 Å². The molecule has 0 saturated carbocycles. The predicted molar refractivity (Wildman–Crippen MR) is 125 cm³/mol. The average Bonchev–Trinajstić information content (AvgIpc) is 3.15. The molecule has 0 aliphatic rings. The van der Waals surface area contributed by atoms with E-state index >= 15 is 0 Å². The number of nitrogens with zero attached hydrogens (tertiary/aromatic N) is 6. The molecule has 31 heavy (non-hydrogen) atoms. The van der Waals surface area contributed by atoms with Crippen molar-refractivity contribution in [1.82, 2.24) is 19.7 Å². The summed E-state index contributed by atoms with van der Waals surface area (Å²) in [5.74, 6) is -0.392. The van der Waals surface area contributed by atoms with Crippen LogP contribution in [-0.2, 0) is 11.8 Å². The van der Waals surface area contributed by atoms with Gasteiger partial charge in [0.2, 0.25) is 0 Å². The van der Waals surface area contributed by atoms with Gasteiger partial charge in [-0.1, -0.05) is 18.7 Å².